The highest BCUT2D eigenvalue weighted by atomic mass is 16.4. The SMILES string of the molecule is O=C(NCCC(NC(=O)c1ccc(O)c(O)c1)C(=O)O)c1ccc(O)c(O)c1. The van der Waals surface area contributed by atoms with Gasteiger partial charge in [-0.3, -0.25) is 9.59 Å². The first-order chi connectivity index (χ1) is 13.2. The van der Waals surface area contributed by atoms with E-state index in [-0.39, 0.29) is 29.8 Å². The van der Waals surface area contributed by atoms with E-state index in [1.54, 1.807) is 0 Å². The van der Waals surface area contributed by atoms with Gasteiger partial charge < -0.3 is 36.2 Å². The van der Waals surface area contributed by atoms with Crippen molar-refractivity contribution in [2.45, 2.75) is 12.5 Å². The van der Waals surface area contributed by atoms with Gasteiger partial charge in [-0.25, -0.2) is 4.79 Å². The fourth-order valence-corrected chi connectivity index (χ4v) is 2.26. The lowest BCUT2D eigenvalue weighted by atomic mass is 10.1. The molecule has 10 nitrogen and oxygen atoms in total. The number of benzene rings is 2. The zero-order valence-electron chi connectivity index (χ0n) is 14.4. The molecule has 0 heterocycles. The summed E-state index contributed by atoms with van der Waals surface area (Å²) in [4.78, 5) is 35.4. The maximum atomic E-state index is 12.1. The average molecular weight is 390 g/mol. The molecule has 7 N–H and O–H groups in total. The quantitative estimate of drug-likeness (QED) is 0.334. The van der Waals surface area contributed by atoms with Gasteiger partial charge in [0.1, 0.15) is 6.04 Å². The summed E-state index contributed by atoms with van der Waals surface area (Å²) in [6, 6.07) is 5.43. The summed E-state index contributed by atoms with van der Waals surface area (Å²) in [5.41, 5.74) is 0.0101. The van der Waals surface area contributed by atoms with Crippen LogP contribution in [0.5, 0.6) is 23.0 Å². The molecule has 2 aromatic rings. The lowest BCUT2D eigenvalue weighted by Crippen LogP contribution is -2.43. The number of aromatic hydroxyl groups is 4. The van der Waals surface area contributed by atoms with Crippen LogP contribution in [-0.4, -0.2) is 55.9 Å². The third-order valence-corrected chi connectivity index (χ3v) is 3.80. The van der Waals surface area contributed by atoms with E-state index in [1.165, 1.54) is 12.1 Å². The van der Waals surface area contributed by atoms with Crippen molar-refractivity contribution in [3.63, 3.8) is 0 Å². The van der Waals surface area contributed by atoms with Crippen LogP contribution in [0.4, 0.5) is 0 Å². The maximum absolute atomic E-state index is 12.1. The fraction of sp³-hybridized carbons (Fsp3) is 0.167. The molecule has 0 aromatic heterocycles. The van der Waals surface area contributed by atoms with Crippen molar-refractivity contribution >= 4 is 17.8 Å². The lowest BCUT2D eigenvalue weighted by molar-refractivity contribution is -0.139. The lowest BCUT2D eigenvalue weighted by Gasteiger charge is -2.15. The van der Waals surface area contributed by atoms with Crippen LogP contribution in [0, 0.1) is 0 Å². The number of carboxylic acid groups (broad SMARTS) is 1. The van der Waals surface area contributed by atoms with E-state index >= 15 is 0 Å². The Bertz CT molecular complexity index is 912. The minimum Gasteiger partial charge on any atom is -0.504 e. The van der Waals surface area contributed by atoms with Gasteiger partial charge in [0.05, 0.1) is 0 Å². The third kappa shape index (κ3) is 5.04. The molecule has 0 fully saturated rings. The van der Waals surface area contributed by atoms with E-state index in [9.17, 15) is 39.9 Å². The summed E-state index contributed by atoms with van der Waals surface area (Å²) in [7, 11) is 0. The number of carbonyl (C=O) groups excluding carboxylic acids is 2. The van der Waals surface area contributed by atoms with Gasteiger partial charge in [0.25, 0.3) is 11.8 Å². The smallest absolute Gasteiger partial charge is 0.326 e. The van der Waals surface area contributed by atoms with Crippen molar-refractivity contribution < 1.29 is 39.9 Å². The summed E-state index contributed by atoms with van der Waals surface area (Å²) < 4.78 is 0. The molecule has 2 rings (SSSR count). The van der Waals surface area contributed by atoms with Crippen molar-refractivity contribution in [2.24, 2.45) is 0 Å². The number of amides is 2. The highest BCUT2D eigenvalue weighted by molar-refractivity contribution is 5.97. The molecule has 0 spiro atoms. The summed E-state index contributed by atoms with van der Waals surface area (Å²) in [6.07, 6.45) is -0.138. The van der Waals surface area contributed by atoms with Crippen LogP contribution >= 0.6 is 0 Å². The van der Waals surface area contributed by atoms with E-state index < -0.39 is 41.1 Å². The summed E-state index contributed by atoms with van der Waals surface area (Å²) in [6.45, 7) is -0.0987. The van der Waals surface area contributed by atoms with Crippen molar-refractivity contribution in [1.29, 1.82) is 0 Å². The predicted octanol–water partition coefficient (Wildman–Crippen LogP) is 0.512. The highest BCUT2D eigenvalue weighted by Gasteiger charge is 2.21. The monoisotopic (exact) mass is 390 g/mol. The first-order valence-electron chi connectivity index (χ1n) is 8.05. The number of nitrogens with one attached hydrogen (secondary N) is 2. The summed E-state index contributed by atoms with van der Waals surface area (Å²) >= 11 is 0. The average Bonchev–Trinajstić information content (AvgIpc) is 2.64. The van der Waals surface area contributed by atoms with Crippen LogP contribution in [0.1, 0.15) is 27.1 Å². The molecule has 0 aliphatic rings. The van der Waals surface area contributed by atoms with E-state index in [0.29, 0.717) is 0 Å². The van der Waals surface area contributed by atoms with Gasteiger partial charge >= 0.3 is 5.97 Å². The molecule has 0 aliphatic carbocycles. The number of hydrogen-bond donors (Lipinski definition) is 7. The molecule has 0 saturated carbocycles. The molecule has 2 aromatic carbocycles. The molecule has 0 saturated heterocycles. The van der Waals surface area contributed by atoms with E-state index in [0.717, 1.165) is 24.3 Å². The molecule has 1 atom stereocenters. The zero-order valence-corrected chi connectivity index (χ0v) is 14.4. The van der Waals surface area contributed by atoms with Crippen molar-refractivity contribution in [3.8, 4) is 23.0 Å². The Morgan fingerprint density at radius 2 is 1.29 bits per heavy atom. The second-order valence-electron chi connectivity index (χ2n) is 5.82. The van der Waals surface area contributed by atoms with Crippen LogP contribution in [-0.2, 0) is 4.79 Å². The normalized spacial score (nSPS) is 11.4. The Morgan fingerprint density at radius 3 is 1.75 bits per heavy atom. The molecule has 0 aliphatic heterocycles. The number of aliphatic carboxylic acids is 1. The van der Waals surface area contributed by atoms with Crippen molar-refractivity contribution in [3.05, 3.63) is 47.5 Å². The number of hydrogen-bond acceptors (Lipinski definition) is 7. The Hall–Kier alpha value is -3.95. The molecule has 148 valence electrons. The maximum Gasteiger partial charge on any atom is 0.326 e. The van der Waals surface area contributed by atoms with Gasteiger partial charge in [-0.1, -0.05) is 0 Å². The van der Waals surface area contributed by atoms with Crippen LogP contribution in [0.15, 0.2) is 36.4 Å². The van der Waals surface area contributed by atoms with E-state index in [4.69, 9.17) is 0 Å². The van der Waals surface area contributed by atoms with Crippen LogP contribution < -0.4 is 10.6 Å². The Kier molecular flexibility index (Phi) is 6.27. The van der Waals surface area contributed by atoms with Gasteiger partial charge in [0.15, 0.2) is 23.0 Å². The minimum atomic E-state index is -1.33. The van der Waals surface area contributed by atoms with Crippen LogP contribution in [0.2, 0.25) is 0 Å². The summed E-state index contributed by atoms with van der Waals surface area (Å²) in [5, 5.41) is 51.2. The number of phenolic OH excluding ortho intramolecular Hbond substituents is 4. The molecule has 0 radical (unpaired) electrons. The summed E-state index contributed by atoms with van der Waals surface area (Å²) in [5.74, 6) is -4.51. The first kappa shape index (κ1) is 20.4. The number of carbonyl (C=O) groups is 3. The predicted molar refractivity (Wildman–Crippen MR) is 95.4 cm³/mol. The van der Waals surface area contributed by atoms with Gasteiger partial charge in [-0.2, -0.15) is 0 Å². The van der Waals surface area contributed by atoms with Gasteiger partial charge in [-0.15, -0.1) is 0 Å². The Labute approximate surface area is 158 Å². The molecular weight excluding hydrogens is 372 g/mol. The number of carboxylic acids is 1. The fourth-order valence-electron chi connectivity index (χ4n) is 2.26. The van der Waals surface area contributed by atoms with E-state index in [1.807, 2.05) is 0 Å². The number of phenols is 4. The van der Waals surface area contributed by atoms with Crippen LogP contribution in [0.25, 0.3) is 0 Å². The van der Waals surface area contributed by atoms with Gasteiger partial charge in [-0.05, 0) is 42.8 Å². The molecular formula is C18H18N2O8. The molecule has 10 heteroatoms. The minimum absolute atomic E-state index is 0.0508. The molecule has 1 unspecified atom stereocenters. The second kappa shape index (κ2) is 8.62. The number of rotatable bonds is 7. The molecule has 2 amide bonds. The van der Waals surface area contributed by atoms with Gasteiger partial charge in [0, 0.05) is 17.7 Å². The molecule has 28 heavy (non-hydrogen) atoms. The van der Waals surface area contributed by atoms with Gasteiger partial charge in [0.2, 0.25) is 0 Å². The van der Waals surface area contributed by atoms with Crippen LogP contribution in [0.3, 0.4) is 0 Å². The zero-order chi connectivity index (χ0) is 20.8. The highest BCUT2D eigenvalue weighted by Crippen LogP contribution is 2.25. The van der Waals surface area contributed by atoms with Crippen molar-refractivity contribution in [2.75, 3.05) is 6.54 Å². The second-order valence-corrected chi connectivity index (χ2v) is 5.82. The standard InChI is InChI=1S/C18H18N2O8/c21-12-3-1-9(7-14(12)23)16(25)19-6-5-11(18(27)28)20-17(26)10-2-4-13(22)15(24)8-10/h1-4,7-8,11,21-24H,5-6H2,(H,19,25)(H,20,26)(H,27,28). The topological polar surface area (TPSA) is 176 Å². The first-order valence-corrected chi connectivity index (χ1v) is 8.05. The Balaban J connectivity index is 1.94. The largest absolute Gasteiger partial charge is 0.504 e. The third-order valence-electron chi connectivity index (χ3n) is 3.80. The Morgan fingerprint density at radius 1 is 0.786 bits per heavy atom. The van der Waals surface area contributed by atoms with Crippen molar-refractivity contribution in [1.82, 2.24) is 10.6 Å². The van der Waals surface area contributed by atoms with E-state index in [2.05, 4.69) is 10.6 Å². The molecule has 0 bridgehead atoms.